The first kappa shape index (κ1) is 10.3. The largest absolute Gasteiger partial charge is 0.492 e. The third-order valence-corrected chi connectivity index (χ3v) is 2.44. The van der Waals surface area contributed by atoms with Crippen LogP contribution in [0.2, 0.25) is 0 Å². The average molecular weight is 243 g/mol. The van der Waals surface area contributed by atoms with Crippen molar-refractivity contribution >= 4 is 22.2 Å². The number of hydrogen-bond acceptors (Lipinski definition) is 2. The normalized spacial score (nSPS) is 9.77. The molecule has 0 saturated carbocycles. The molecule has 0 aliphatic carbocycles. The maximum absolute atomic E-state index is 10.6. The topological polar surface area (TPSA) is 26.3 Å². The van der Waals surface area contributed by atoms with Gasteiger partial charge >= 0.3 is 0 Å². The minimum Gasteiger partial charge on any atom is -0.492 e. The van der Waals surface area contributed by atoms with Crippen molar-refractivity contribution < 1.29 is 9.53 Å². The lowest BCUT2D eigenvalue weighted by Crippen LogP contribution is -1.97. The zero-order valence-corrected chi connectivity index (χ0v) is 9.22. The van der Waals surface area contributed by atoms with E-state index in [0.717, 1.165) is 22.1 Å². The monoisotopic (exact) mass is 242 g/mol. The van der Waals surface area contributed by atoms with E-state index in [0.29, 0.717) is 12.2 Å². The number of carbonyl (C=O) groups excluding carboxylic acids is 1. The smallest absolute Gasteiger partial charge is 0.150 e. The van der Waals surface area contributed by atoms with Crippen LogP contribution in [0.5, 0.6) is 5.75 Å². The van der Waals surface area contributed by atoms with Crippen LogP contribution in [0.1, 0.15) is 22.8 Å². The molecule has 0 saturated heterocycles. The van der Waals surface area contributed by atoms with Gasteiger partial charge in [-0.15, -0.1) is 0 Å². The minimum atomic E-state index is 0.599. The van der Waals surface area contributed by atoms with Crippen LogP contribution in [0.3, 0.4) is 0 Å². The van der Waals surface area contributed by atoms with Crippen LogP contribution in [-0.2, 0) is 0 Å². The molecule has 13 heavy (non-hydrogen) atoms. The summed E-state index contributed by atoms with van der Waals surface area (Å²) in [6.45, 7) is 4.39. The van der Waals surface area contributed by atoms with Crippen molar-refractivity contribution in [3.63, 3.8) is 0 Å². The van der Waals surface area contributed by atoms with Crippen molar-refractivity contribution in [1.82, 2.24) is 0 Å². The highest BCUT2D eigenvalue weighted by molar-refractivity contribution is 9.10. The molecule has 0 spiro atoms. The maximum Gasteiger partial charge on any atom is 0.150 e. The predicted octanol–water partition coefficient (Wildman–Crippen LogP) is 2.97. The lowest BCUT2D eigenvalue weighted by molar-refractivity contribution is 0.112. The van der Waals surface area contributed by atoms with Gasteiger partial charge in [0.25, 0.3) is 0 Å². The molecule has 0 fully saturated rings. The van der Waals surface area contributed by atoms with Gasteiger partial charge in [0.2, 0.25) is 0 Å². The SMILES string of the molecule is CCOc1c(Br)ccc(C=O)c1C. The van der Waals surface area contributed by atoms with Gasteiger partial charge in [0, 0.05) is 11.1 Å². The first-order valence-corrected chi connectivity index (χ1v) is 4.87. The van der Waals surface area contributed by atoms with E-state index in [1.807, 2.05) is 19.9 Å². The fraction of sp³-hybridized carbons (Fsp3) is 0.300. The molecule has 0 radical (unpaired) electrons. The molecular weight excluding hydrogens is 232 g/mol. The summed E-state index contributed by atoms with van der Waals surface area (Å²) < 4.78 is 6.29. The van der Waals surface area contributed by atoms with E-state index in [1.165, 1.54) is 0 Å². The number of ether oxygens (including phenoxy) is 1. The Morgan fingerprint density at radius 2 is 2.23 bits per heavy atom. The Balaban J connectivity index is 3.21. The molecule has 1 rings (SSSR count). The highest BCUT2D eigenvalue weighted by Crippen LogP contribution is 2.30. The molecule has 2 nitrogen and oxygen atoms in total. The summed E-state index contributed by atoms with van der Waals surface area (Å²) in [4.78, 5) is 10.6. The molecule has 0 aliphatic rings. The third kappa shape index (κ3) is 2.10. The molecule has 0 heterocycles. The highest BCUT2D eigenvalue weighted by Gasteiger charge is 2.08. The molecule has 0 aliphatic heterocycles. The third-order valence-electron chi connectivity index (χ3n) is 1.82. The summed E-state index contributed by atoms with van der Waals surface area (Å²) in [7, 11) is 0. The lowest BCUT2D eigenvalue weighted by Gasteiger charge is -2.10. The molecule has 0 atom stereocenters. The van der Waals surface area contributed by atoms with Gasteiger partial charge in [-0.05, 0) is 35.8 Å². The minimum absolute atomic E-state index is 0.599. The number of rotatable bonds is 3. The van der Waals surface area contributed by atoms with E-state index in [1.54, 1.807) is 6.07 Å². The second-order valence-corrected chi connectivity index (χ2v) is 3.50. The second-order valence-electron chi connectivity index (χ2n) is 2.64. The summed E-state index contributed by atoms with van der Waals surface area (Å²) in [6.07, 6.45) is 0.838. The molecule has 0 N–H and O–H groups in total. The summed E-state index contributed by atoms with van der Waals surface area (Å²) in [6, 6.07) is 3.59. The second kappa shape index (κ2) is 4.42. The van der Waals surface area contributed by atoms with E-state index < -0.39 is 0 Å². The Bertz CT molecular complexity index is 321. The van der Waals surface area contributed by atoms with Crippen LogP contribution in [-0.4, -0.2) is 12.9 Å². The quantitative estimate of drug-likeness (QED) is 0.763. The Morgan fingerprint density at radius 1 is 1.54 bits per heavy atom. The number of halogens is 1. The van der Waals surface area contributed by atoms with Gasteiger partial charge < -0.3 is 4.74 Å². The van der Waals surface area contributed by atoms with Crippen molar-refractivity contribution in [2.24, 2.45) is 0 Å². The van der Waals surface area contributed by atoms with Crippen molar-refractivity contribution in [2.75, 3.05) is 6.61 Å². The molecule has 0 amide bonds. The van der Waals surface area contributed by atoms with Gasteiger partial charge in [0.05, 0.1) is 11.1 Å². The van der Waals surface area contributed by atoms with Crippen molar-refractivity contribution in [3.05, 3.63) is 27.7 Å². The van der Waals surface area contributed by atoms with Gasteiger partial charge in [-0.2, -0.15) is 0 Å². The van der Waals surface area contributed by atoms with Gasteiger partial charge in [-0.3, -0.25) is 4.79 Å². The van der Waals surface area contributed by atoms with E-state index >= 15 is 0 Å². The molecule has 70 valence electrons. The first-order chi connectivity index (χ1) is 6.20. The molecule has 0 bridgehead atoms. The Kier molecular flexibility index (Phi) is 3.48. The summed E-state index contributed by atoms with van der Waals surface area (Å²) in [5, 5.41) is 0. The zero-order chi connectivity index (χ0) is 9.84. The molecule has 1 aromatic rings. The van der Waals surface area contributed by atoms with Crippen LogP contribution in [0, 0.1) is 6.92 Å². The number of benzene rings is 1. The van der Waals surface area contributed by atoms with E-state index in [-0.39, 0.29) is 0 Å². The summed E-state index contributed by atoms with van der Waals surface area (Å²) >= 11 is 3.37. The average Bonchev–Trinajstić information content (AvgIpc) is 2.12. The predicted molar refractivity (Wildman–Crippen MR) is 55.4 cm³/mol. The van der Waals surface area contributed by atoms with Gasteiger partial charge in [-0.25, -0.2) is 0 Å². The van der Waals surface area contributed by atoms with Crippen LogP contribution < -0.4 is 4.74 Å². The van der Waals surface area contributed by atoms with E-state index in [2.05, 4.69) is 15.9 Å². The van der Waals surface area contributed by atoms with E-state index in [4.69, 9.17) is 4.74 Å². The Labute approximate surface area is 86.0 Å². The molecule has 3 heteroatoms. The summed E-state index contributed by atoms with van der Waals surface area (Å²) in [5.41, 5.74) is 1.55. The highest BCUT2D eigenvalue weighted by atomic mass is 79.9. The standard InChI is InChI=1S/C10H11BrO2/c1-3-13-10-7(2)8(6-12)4-5-9(10)11/h4-6H,3H2,1-2H3. The van der Waals surface area contributed by atoms with Crippen LogP contribution in [0.4, 0.5) is 0 Å². The van der Waals surface area contributed by atoms with E-state index in [9.17, 15) is 4.79 Å². The fourth-order valence-corrected chi connectivity index (χ4v) is 1.67. The summed E-state index contributed by atoms with van der Waals surface area (Å²) in [5.74, 6) is 0.757. The number of aldehydes is 1. The van der Waals surface area contributed by atoms with Crippen molar-refractivity contribution in [3.8, 4) is 5.75 Å². The van der Waals surface area contributed by atoms with Gasteiger partial charge in [0.15, 0.2) is 0 Å². The van der Waals surface area contributed by atoms with Gasteiger partial charge in [-0.1, -0.05) is 6.07 Å². The molecular formula is C10H11BrO2. The number of hydrogen-bond donors (Lipinski definition) is 0. The molecule has 1 aromatic carbocycles. The zero-order valence-electron chi connectivity index (χ0n) is 7.63. The molecule has 0 unspecified atom stereocenters. The van der Waals surface area contributed by atoms with Crippen LogP contribution in [0.25, 0.3) is 0 Å². The number of carbonyl (C=O) groups is 1. The van der Waals surface area contributed by atoms with Crippen molar-refractivity contribution in [2.45, 2.75) is 13.8 Å². The fourth-order valence-electron chi connectivity index (χ4n) is 1.12. The molecule has 0 aromatic heterocycles. The maximum atomic E-state index is 10.6. The van der Waals surface area contributed by atoms with Gasteiger partial charge in [0.1, 0.15) is 12.0 Å². The van der Waals surface area contributed by atoms with Crippen LogP contribution in [0.15, 0.2) is 16.6 Å². The first-order valence-electron chi connectivity index (χ1n) is 4.07. The Hall–Kier alpha value is -0.830. The Morgan fingerprint density at radius 3 is 2.77 bits per heavy atom. The van der Waals surface area contributed by atoms with Crippen LogP contribution >= 0.6 is 15.9 Å². The van der Waals surface area contributed by atoms with Crippen molar-refractivity contribution in [1.29, 1.82) is 0 Å². The lowest BCUT2D eigenvalue weighted by atomic mass is 10.1.